The predicted octanol–water partition coefficient (Wildman–Crippen LogP) is 2.99. The summed E-state index contributed by atoms with van der Waals surface area (Å²) in [5, 5.41) is 0.710. The van der Waals surface area contributed by atoms with E-state index < -0.39 is 0 Å². The van der Waals surface area contributed by atoms with Crippen molar-refractivity contribution in [2.45, 2.75) is 33.1 Å². The molecule has 4 nitrogen and oxygen atoms in total. The third kappa shape index (κ3) is 5.54. The molecule has 1 heterocycles. The van der Waals surface area contributed by atoms with Crippen LogP contribution in [0.15, 0.2) is 24.3 Å². The minimum absolute atomic E-state index is 0.163. The van der Waals surface area contributed by atoms with Gasteiger partial charge in [0.25, 0.3) is 0 Å². The quantitative estimate of drug-likeness (QED) is 0.829. The Kier molecular flexibility index (Phi) is 6.46. The SMILES string of the molecule is CC(C)CC(=O)N1CCN(C(=O)CCc2ccc(Cl)cc2)CC1. The summed E-state index contributed by atoms with van der Waals surface area (Å²) in [7, 11) is 0. The van der Waals surface area contributed by atoms with Gasteiger partial charge in [-0.3, -0.25) is 9.59 Å². The fraction of sp³-hybridized carbons (Fsp3) is 0.556. The van der Waals surface area contributed by atoms with Crippen molar-refractivity contribution in [1.82, 2.24) is 9.80 Å². The molecule has 0 bridgehead atoms. The number of carbonyl (C=O) groups is 2. The summed E-state index contributed by atoms with van der Waals surface area (Å²) in [4.78, 5) is 28.1. The van der Waals surface area contributed by atoms with Crippen LogP contribution in [-0.4, -0.2) is 47.8 Å². The zero-order chi connectivity index (χ0) is 16.8. The van der Waals surface area contributed by atoms with Crippen molar-refractivity contribution in [2.24, 2.45) is 5.92 Å². The molecule has 2 amide bonds. The summed E-state index contributed by atoms with van der Waals surface area (Å²) >= 11 is 5.86. The second-order valence-electron chi connectivity index (χ2n) is 6.49. The van der Waals surface area contributed by atoms with E-state index in [0.717, 1.165) is 12.0 Å². The van der Waals surface area contributed by atoms with Crippen LogP contribution in [0.1, 0.15) is 32.3 Å². The van der Waals surface area contributed by atoms with E-state index in [1.807, 2.05) is 34.1 Å². The number of hydrogen-bond acceptors (Lipinski definition) is 2. The van der Waals surface area contributed by atoms with E-state index >= 15 is 0 Å². The minimum Gasteiger partial charge on any atom is -0.339 e. The highest BCUT2D eigenvalue weighted by Crippen LogP contribution is 2.13. The molecule has 1 fully saturated rings. The summed E-state index contributed by atoms with van der Waals surface area (Å²) in [5.41, 5.74) is 1.12. The fourth-order valence-electron chi connectivity index (χ4n) is 2.74. The summed E-state index contributed by atoms with van der Waals surface area (Å²) < 4.78 is 0. The molecule has 0 atom stereocenters. The van der Waals surface area contributed by atoms with Crippen LogP contribution in [-0.2, 0) is 16.0 Å². The first-order chi connectivity index (χ1) is 11.0. The number of nitrogens with zero attached hydrogens (tertiary/aromatic N) is 2. The lowest BCUT2D eigenvalue weighted by molar-refractivity contribution is -0.140. The van der Waals surface area contributed by atoms with Crippen LogP contribution in [0.25, 0.3) is 0 Å². The number of carbonyl (C=O) groups excluding carboxylic acids is 2. The summed E-state index contributed by atoms with van der Waals surface area (Å²) in [6.45, 7) is 6.69. The van der Waals surface area contributed by atoms with E-state index in [0.29, 0.717) is 50.0 Å². The normalized spacial score (nSPS) is 15.1. The fourth-order valence-corrected chi connectivity index (χ4v) is 2.87. The highest BCUT2D eigenvalue weighted by Gasteiger charge is 2.24. The largest absolute Gasteiger partial charge is 0.339 e. The lowest BCUT2D eigenvalue weighted by Crippen LogP contribution is -2.50. The lowest BCUT2D eigenvalue weighted by Gasteiger charge is -2.35. The van der Waals surface area contributed by atoms with E-state index in [2.05, 4.69) is 13.8 Å². The number of amides is 2. The average Bonchev–Trinajstić information content (AvgIpc) is 2.53. The maximum Gasteiger partial charge on any atom is 0.223 e. The lowest BCUT2D eigenvalue weighted by atomic mass is 10.1. The highest BCUT2D eigenvalue weighted by molar-refractivity contribution is 6.30. The second kappa shape index (κ2) is 8.34. The van der Waals surface area contributed by atoms with Crippen LogP contribution >= 0.6 is 11.6 Å². The van der Waals surface area contributed by atoms with Crippen molar-refractivity contribution < 1.29 is 9.59 Å². The topological polar surface area (TPSA) is 40.6 Å². The van der Waals surface area contributed by atoms with E-state index in [4.69, 9.17) is 11.6 Å². The standard InChI is InChI=1S/C18H25ClN2O2/c1-14(2)13-18(23)21-11-9-20(10-12-21)17(22)8-5-15-3-6-16(19)7-4-15/h3-4,6-7,14H,5,8-13H2,1-2H3. The Hall–Kier alpha value is -1.55. The molecule has 1 aliphatic rings. The maximum atomic E-state index is 12.3. The van der Waals surface area contributed by atoms with Gasteiger partial charge in [-0.1, -0.05) is 37.6 Å². The Balaban J connectivity index is 1.75. The Labute approximate surface area is 143 Å². The van der Waals surface area contributed by atoms with E-state index in [1.165, 1.54) is 0 Å². The van der Waals surface area contributed by atoms with Crippen LogP contribution in [0.3, 0.4) is 0 Å². The molecule has 0 spiro atoms. The van der Waals surface area contributed by atoms with Crippen molar-refractivity contribution >= 4 is 23.4 Å². The molecule has 23 heavy (non-hydrogen) atoms. The third-order valence-electron chi connectivity index (χ3n) is 4.11. The maximum absolute atomic E-state index is 12.3. The molecular formula is C18H25ClN2O2. The van der Waals surface area contributed by atoms with Gasteiger partial charge in [0.15, 0.2) is 0 Å². The monoisotopic (exact) mass is 336 g/mol. The van der Waals surface area contributed by atoms with Crippen LogP contribution in [0.5, 0.6) is 0 Å². The first-order valence-corrected chi connectivity index (χ1v) is 8.63. The minimum atomic E-state index is 0.163. The van der Waals surface area contributed by atoms with Crippen molar-refractivity contribution in [2.75, 3.05) is 26.2 Å². The molecule has 0 aliphatic carbocycles. The van der Waals surface area contributed by atoms with Gasteiger partial charge in [-0.25, -0.2) is 0 Å². The Bertz CT molecular complexity index is 534. The Morgan fingerprint density at radius 1 is 1.00 bits per heavy atom. The first-order valence-electron chi connectivity index (χ1n) is 8.25. The molecule has 0 N–H and O–H groups in total. The molecule has 0 unspecified atom stereocenters. The van der Waals surface area contributed by atoms with E-state index in [9.17, 15) is 9.59 Å². The smallest absolute Gasteiger partial charge is 0.223 e. The zero-order valence-corrected chi connectivity index (χ0v) is 14.7. The third-order valence-corrected chi connectivity index (χ3v) is 4.36. The number of halogens is 1. The van der Waals surface area contributed by atoms with Crippen molar-refractivity contribution in [3.63, 3.8) is 0 Å². The van der Waals surface area contributed by atoms with Gasteiger partial charge >= 0.3 is 0 Å². The number of aryl methyl sites for hydroxylation is 1. The van der Waals surface area contributed by atoms with Crippen LogP contribution in [0.2, 0.25) is 5.02 Å². The van der Waals surface area contributed by atoms with Gasteiger partial charge in [0, 0.05) is 44.0 Å². The Morgan fingerprint density at radius 2 is 1.52 bits per heavy atom. The summed E-state index contributed by atoms with van der Waals surface area (Å²) in [6.07, 6.45) is 1.81. The molecule has 126 valence electrons. The van der Waals surface area contributed by atoms with Gasteiger partial charge in [0.1, 0.15) is 0 Å². The average molecular weight is 337 g/mol. The molecule has 0 saturated carbocycles. The van der Waals surface area contributed by atoms with Crippen molar-refractivity contribution in [3.05, 3.63) is 34.9 Å². The molecule has 5 heteroatoms. The number of benzene rings is 1. The van der Waals surface area contributed by atoms with Gasteiger partial charge in [-0.15, -0.1) is 0 Å². The van der Waals surface area contributed by atoms with Gasteiger partial charge in [-0.2, -0.15) is 0 Å². The molecule has 0 radical (unpaired) electrons. The van der Waals surface area contributed by atoms with Crippen LogP contribution in [0.4, 0.5) is 0 Å². The van der Waals surface area contributed by atoms with Gasteiger partial charge < -0.3 is 9.80 Å². The highest BCUT2D eigenvalue weighted by atomic mass is 35.5. The first kappa shape index (κ1) is 17.8. The van der Waals surface area contributed by atoms with E-state index in [1.54, 1.807) is 0 Å². The van der Waals surface area contributed by atoms with E-state index in [-0.39, 0.29) is 11.8 Å². The van der Waals surface area contributed by atoms with Gasteiger partial charge in [0.05, 0.1) is 0 Å². The molecule has 1 aromatic rings. The summed E-state index contributed by atoms with van der Waals surface area (Å²) in [6, 6.07) is 7.61. The van der Waals surface area contributed by atoms with Crippen LogP contribution in [0, 0.1) is 5.92 Å². The molecule has 1 aromatic carbocycles. The molecular weight excluding hydrogens is 312 g/mol. The summed E-state index contributed by atoms with van der Waals surface area (Å²) in [5.74, 6) is 0.741. The van der Waals surface area contributed by atoms with Crippen molar-refractivity contribution in [3.8, 4) is 0 Å². The second-order valence-corrected chi connectivity index (χ2v) is 6.92. The molecule has 1 saturated heterocycles. The Morgan fingerprint density at radius 3 is 2.04 bits per heavy atom. The van der Waals surface area contributed by atoms with Gasteiger partial charge in [0.2, 0.25) is 11.8 Å². The number of hydrogen-bond donors (Lipinski definition) is 0. The number of piperazine rings is 1. The zero-order valence-electron chi connectivity index (χ0n) is 13.9. The van der Waals surface area contributed by atoms with Gasteiger partial charge in [-0.05, 0) is 30.0 Å². The molecule has 2 rings (SSSR count). The predicted molar refractivity (Wildman–Crippen MR) is 92.4 cm³/mol. The van der Waals surface area contributed by atoms with Crippen molar-refractivity contribution in [1.29, 1.82) is 0 Å². The molecule has 1 aliphatic heterocycles. The van der Waals surface area contributed by atoms with Crippen LogP contribution < -0.4 is 0 Å². The number of rotatable bonds is 5. The molecule has 0 aromatic heterocycles.